The molecule has 0 aliphatic carbocycles. The van der Waals surface area contributed by atoms with Crippen LogP contribution in [0.4, 0.5) is 5.69 Å². The number of hydrogen-bond donors (Lipinski definition) is 1. The first-order valence-corrected chi connectivity index (χ1v) is 7.82. The van der Waals surface area contributed by atoms with E-state index in [1.807, 2.05) is 36.4 Å². The molecule has 0 aromatic heterocycles. The minimum Gasteiger partial charge on any atom is -0.493 e. The van der Waals surface area contributed by atoms with Crippen molar-refractivity contribution in [3.8, 4) is 11.5 Å². The van der Waals surface area contributed by atoms with Gasteiger partial charge in [0.25, 0.3) is 0 Å². The van der Waals surface area contributed by atoms with Gasteiger partial charge in [0, 0.05) is 22.3 Å². The molecule has 0 aliphatic rings. The number of hydrogen-bond acceptors (Lipinski definition) is 3. The second kappa shape index (κ2) is 7.93. The van der Waals surface area contributed by atoms with Crippen molar-refractivity contribution >= 4 is 21.6 Å². The van der Waals surface area contributed by atoms with Gasteiger partial charge >= 0.3 is 0 Å². The van der Waals surface area contributed by atoms with Gasteiger partial charge in [-0.15, -0.1) is 0 Å². The van der Waals surface area contributed by atoms with E-state index in [2.05, 4.69) is 34.2 Å². The second-order valence-electron chi connectivity index (χ2n) is 4.66. The number of halogens is 1. The van der Waals surface area contributed by atoms with Gasteiger partial charge in [-0.3, -0.25) is 0 Å². The average molecular weight is 350 g/mol. The van der Waals surface area contributed by atoms with Gasteiger partial charge in [-0.1, -0.05) is 41.1 Å². The van der Waals surface area contributed by atoms with Crippen molar-refractivity contribution in [1.29, 1.82) is 0 Å². The van der Waals surface area contributed by atoms with Gasteiger partial charge in [-0.25, -0.2) is 0 Å². The third-order valence-electron chi connectivity index (χ3n) is 3.02. The molecule has 0 radical (unpaired) electrons. The summed E-state index contributed by atoms with van der Waals surface area (Å²) in [7, 11) is 1.66. The van der Waals surface area contributed by atoms with Crippen molar-refractivity contribution in [3.05, 3.63) is 52.5 Å². The lowest BCUT2D eigenvalue weighted by Gasteiger charge is -2.16. The Labute approximate surface area is 134 Å². The fourth-order valence-corrected chi connectivity index (χ4v) is 2.51. The highest BCUT2D eigenvalue weighted by Gasteiger charge is 2.12. The maximum Gasteiger partial charge on any atom is 0.166 e. The van der Waals surface area contributed by atoms with E-state index in [1.54, 1.807) is 7.11 Å². The van der Waals surface area contributed by atoms with E-state index >= 15 is 0 Å². The number of nitrogens with one attached hydrogen (secondary N) is 1. The zero-order valence-electron chi connectivity index (χ0n) is 12.4. The molecular weight excluding hydrogens is 330 g/mol. The summed E-state index contributed by atoms with van der Waals surface area (Å²) in [5, 5.41) is 3.40. The number of ether oxygens (including phenoxy) is 2. The van der Waals surface area contributed by atoms with Crippen molar-refractivity contribution < 1.29 is 9.47 Å². The van der Waals surface area contributed by atoms with Crippen LogP contribution in [0.15, 0.2) is 46.9 Å². The highest BCUT2D eigenvalue weighted by molar-refractivity contribution is 9.10. The quantitative estimate of drug-likeness (QED) is 0.774. The van der Waals surface area contributed by atoms with Crippen LogP contribution < -0.4 is 14.8 Å². The SMILES string of the molecule is CCCOc1c(CNc2ccccc2)cc(Br)cc1OC. The van der Waals surface area contributed by atoms with E-state index in [-0.39, 0.29) is 0 Å². The van der Waals surface area contributed by atoms with Crippen LogP contribution in [0.5, 0.6) is 11.5 Å². The van der Waals surface area contributed by atoms with E-state index in [1.165, 1.54) is 0 Å². The molecule has 0 saturated heterocycles. The van der Waals surface area contributed by atoms with Gasteiger partial charge in [0.15, 0.2) is 11.5 Å². The Balaban J connectivity index is 2.21. The van der Waals surface area contributed by atoms with Crippen LogP contribution in [-0.4, -0.2) is 13.7 Å². The molecule has 112 valence electrons. The Morgan fingerprint density at radius 3 is 2.57 bits per heavy atom. The average Bonchev–Trinajstić information content (AvgIpc) is 2.52. The number of para-hydroxylation sites is 1. The first kappa shape index (κ1) is 15.7. The fourth-order valence-electron chi connectivity index (χ4n) is 2.03. The normalized spacial score (nSPS) is 10.2. The van der Waals surface area contributed by atoms with Crippen LogP contribution in [0.1, 0.15) is 18.9 Å². The minimum atomic E-state index is 0.677. The predicted octanol–water partition coefficient (Wildman–Crippen LogP) is 4.86. The van der Waals surface area contributed by atoms with Crippen LogP contribution in [0, 0.1) is 0 Å². The van der Waals surface area contributed by atoms with Crippen molar-refractivity contribution in [1.82, 2.24) is 0 Å². The minimum absolute atomic E-state index is 0.677. The van der Waals surface area contributed by atoms with Crippen molar-refractivity contribution in [2.75, 3.05) is 19.0 Å². The molecule has 0 atom stereocenters. The summed E-state index contributed by atoms with van der Waals surface area (Å²) < 4.78 is 12.3. The molecule has 4 heteroatoms. The van der Waals surface area contributed by atoms with E-state index in [0.29, 0.717) is 13.2 Å². The zero-order chi connectivity index (χ0) is 15.1. The lowest BCUT2D eigenvalue weighted by molar-refractivity contribution is 0.291. The first-order valence-electron chi connectivity index (χ1n) is 7.02. The van der Waals surface area contributed by atoms with Crippen molar-refractivity contribution in [2.24, 2.45) is 0 Å². The first-order chi connectivity index (χ1) is 10.2. The Bertz CT molecular complexity index is 573. The summed E-state index contributed by atoms with van der Waals surface area (Å²) >= 11 is 3.52. The molecule has 0 heterocycles. The molecule has 2 aromatic carbocycles. The van der Waals surface area contributed by atoms with Crippen molar-refractivity contribution in [2.45, 2.75) is 19.9 Å². The van der Waals surface area contributed by atoms with Gasteiger partial charge in [0.1, 0.15) is 0 Å². The summed E-state index contributed by atoms with van der Waals surface area (Å²) in [5.41, 5.74) is 2.15. The number of benzene rings is 2. The third-order valence-corrected chi connectivity index (χ3v) is 3.48. The van der Waals surface area contributed by atoms with E-state index in [4.69, 9.17) is 9.47 Å². The highest BCUT2D eigenvalue weighted by atomic mass is 79.9. The molecule has 0 fully saturated rings. The molecule has 0 saturated carbocycles. The Morgan fingerprint density at radius 2 is 1.90 bits per heavy atom. The number of anilines is 1. The summed E-state index contributed by atoms with van der Waals surface area (Å²) in [6.07, 6.45) is 0.963. The largest absolute Gasteiger partial charge is 0.493 e. The standard InChI is InChI=1S/C17H20BrNO2/c1-3-9-21-17-13(10-14(18)11-16(17)20-2)12-19-15-7-5-4-6-8-15/h4-8,10-11,19H,3,9,12H2,1-2H3. The van der Waals surface area contributed by atoms with Gasteiger partial charge in [0.2, 0.25) is 0 Å². The Hall–Kier alpha value is -1.68. The Morgan fingerprint density at radius 1 is 1.14 bits per heavy atom. The molecule has 1 N–H and O–H groups in total. The molecule has 0 amide bonds. The lowest BCUT2D eigenvalue weighted by atomic mass is 10.1. The molecule has 3 nitrogen and oxygen atoms in total. The molecular formula is C17H20BrNO2. The van der Waals surface area contributed by atoms with Crippen LogP contribution in [0.2, 0.25) is 0 Å². The van der Waals surface area contributed by atoms with E-state index < -0.39 is 0 Å². The monoisotopic (exact) mass is 349 g/mol. The second-order valence-corrected chi connectivity index (χ2v) is 5.58. The predicted molar refractivity (Wildman–Crippen MR) is 90.2 cm³/mol. The summed E-state index contributed by atoms with van der Waals surface area (Å²) in [6.45, 7) is 3.45. The number of rotatable bonds is 7. The van der Waals surface area contributed by atoms with Gasteiger partial charge < -0.3 is 14.8 Å². The lowest BCUT2D eigenvalue weighted by Crippen LogP contribution is -2.06. The maximum absolute atomic E-state index is 5.87. The third kappa shape index (κ3) is 4.39. The highest BCUT2D eigenvalue weighted by Crippen LogP contribution is 2.35. The fraction of sp³-hybridized carbons (Fsp3) is 0.294. The van der Waals surface area contributed by atoms with Crippen LogP contribution in [-0.2, 0) is 6.54 Å². The van der Waals surface area contributed by atoms with Crippen LogP contribution in [0.3, 0.4) is 0 Å². The molecule has 0 spiro atoms. The molecule has 2 rings (SSSR count). The molecule has 0 unspecified atom stereocenters. The van der Waals surface area contributed by atoms with E-state index in [0.717, 1.165) is 33.6 Å². The molecule has 2 aromatic rings. The summed E-state index contributed by atoms with van der Waals surface area (Å²) in [6, 6.07) is 14.1. The molecule has 0 aliphatic heterocycles. The van der Waals surface area contributed by atoms with Gasteiger partial charge in [-0.05, 0) is 30.7 Å². The molecule has 0 bridgehead atoms. The molecule has 21 heavy (non-hydrogen) atoms. The topological polar surface area (TPSA) is 30.5 Å². The number of methoxy groups -OCH3 is 1. The van der Waals surface area contributed by atoms with E-state index in [9.17, 15) is 0 Å². The van der Waals surface area contributed by atoms with Crippen LogP contribution in [0.25, 0.3) is 0 Å². The Kier molecular flexibility index (Phi) is 5.93. The zero-order valence-corrected chi connectivity index (χ0v) is 13.9. The maximum atomic E-state index is 5.87. The van der Waals surface area contributed by atoms with Gasteiger partial charge in [-0.2, -0.15) is 0 Å². The summed E-state index contributed by atoms with van der Waals surface area (Å²) in [4.78, 5) is 0. The van der Waals surface area contributed by atoms with Crippen LogP contribution >= 0.6 is 15.9 Å². The summed E-state index contributed by atoms with van der Waals surface area (Å²) in [5.74, 6) is 1.56. The smallest absolute Gasteiger partial charge is 0.166 e. The van der Waals surface area contributed by atoms with Crippen molar-refractivity contribution in [3.63, 3.8) is 0 Å². The van der Waals surface area contributed by atoms with Gasteiger partial charge in [0.05, 0.1) is 13.7 Å².